The molecule has 0 aliphatic heterocycles. The van der Waals surface area contributed by atoms with Crippen LogP contribution in [0.3, 0.4) is 0 Å². The molecule has 0 aliphatic carbocycles. The molecule has 0 saturated heterocycles. The number of alkyl halides is 2. The third-order valence-corrected chi connectivity index (χ3v) is 3.75. The average Bonchev–Trinajstić information content (AvgIpc) is 2.94. The van der Waals surface area contributed by atoms with Crippen LogP contribution in [0, 0.1) is 5.41 Å². The largest absolute Gasteiger partial charge is 0.383 e. The van der Waals surface area contributed by atoms with E-state index in [9.17, 15) is 8.78 Å². The fraction of sp³-hybridized carbons (Fsp3) is 0.133. The molecule has 130 valence electrons. The number of anilines is 4. The Labute approximate surface area is 146 Å². The van der Waals surface area contributed by atoms with Crippen LogP contribution in [-0.4, -0.2) is 34.1 Å². The van der Waals surface area contributed by atoms with Gasteiger partial charge in [0.1, 0.15) is 11.5 Å². The summed E-state index contributed by atoms with van der Waals surface area (Å²) in [7, 11) is 0. The Kier molecular flexibility index (Phi) is 4.66. The minimum Gasteiger partial charge on any atom is -0.383 e. The van der Waals surface area contributed by atoms with Crippen molar-refractivity contribution >= 4 is 52.0 Å². The molecular formula is C15H14ClF2N7. The van der Waals surface area contributed by atoms with E-state index >= 15 is 0 Å². The molecule has 3 aromatic rings. The van der Waals surface area contributed by atoms with Gasteiger partial charge in [-0.25, -0.2) is 8.78 Å². The molecule has 3 rings (SSSR count). The summed E-state index contributed by atoms with van der Waals surface area (Å²) in [6.45, 7) is -0.513. The first-order chi connectivity index (χ1) is 12.0. The number of nitrogens with one attached hydrogen (secondary N) is 4. The summed E-state index contributed by atoms with van der Waals surface area (Å²) < 4.78 is 24.8. The van der Waals surface area contributed by atoms with Crippen molar-refractivity contribution in [2.75, 3.05) is 22.9 Å². The third-order valence-electron chi connectivity index (χ3n) is 3.46. The SMILES string of the molecule is N=Cc1c(NCC(F)F)cccc1Nc1nc(N)c2c(Cl)c[nH]c2n1. The molecule has 0 saturated carbocycles. The van der Waals surface area contributed by atoms with Crippen molar-refractivity contribution in [1.82, 2.24) is 15.0 Å². The predicted molar refractivity (Wildman–Crippen MR) is 95.4 cm³/mol. The molecule has 6 N–H and O–H groups in total. The number of halogens is 3. The van der Waals surface area contributed by atoms with Crippen LogP contribution in [0.1, 0.15) is 5.56 Å². The lowest BCUT2D eigenvalue weighted by molar-refractivity contribution is 0.163. The van der Waals surface area contributed by atoms with E-state index < -0.39 is 13.0 Å². The van der Waals surface area contributed by atoms with Crippen LogP contribution < -0.4 is 16.4 Å². The maximum Gasteiger partial charge on any atom is 0.255 e. The molecular weight excluding hydrogens is 352 g/mol. The van der Waals surface area contributed by atoms with E-state index in [1.54, 1.807) is 24.4 Å². The summed E-state index contributed by atoms with van der Waals surface area (Å²) >= 11 is 6.01. The van der Waals surface area contributed by atoms with Crippen LogP contribution in [-0.2, 0) is 0 Å². The number of aromatic nitrogens is 3. The second-order valence-corrected chi connectivity index (χ2v) is 5.51. The lowest BCUT2D eigenvalue weighted by atomic mass is 10.1. The Balaban J connectivity index is 1.95. The molecule has 2 heterocycles. The van der Waals surface area contributed by atoms with E-state index in [4.69, 9.17) is 22.7 Å². The lowest BCUT2D eigenvalue weighted by Crippen LogP contribution is -2.12. The fourth-order valence-corrected chi connectivity index (χ4v) is 2.61. The number of rotatable bonds is 6. The van der Waals surface area contributed by atoms with Crippen molar-refractivity contribution in [2.45, 2.75) is 6.43 Å². The highest BCUT2D eigenvalue weighted by atomic mass is 35.5. The van der Waals surface area contributed by atoms with Crippen molar-refractivity contribution in [3.63, 3.8) is 0 Å². The van der Waals surface area contributed by atoms with E-state index in [0.29, 0.717) is 33.0 Å². The molecule has 0 amide bonds. The van der Waals surface area contributed by atoms with E-state index in [2.05, 4.69) is 25.6 Å². The minimum atomic E-state index is -2.50. The van der Waals surface area contributed by atoms with Gasteiger partial charge in [-0.15, -0.1) is 0 Å². The Morgan fingerprint density at radius 1 is 1.32 bits per heavy atom. The summed E-state index contributed by atoms with van der Waals surface area (Å²) in [6.07, 6.45) is 0.112. The van der Waals surface area contributed by atoms with Gasteiger partial charge in [-0.05, 0) is 12.1 Å². The number of nitrogens with two attached hydrogens (primary N) is 1. The van der Waals surface area contributed by atoms with Crippen LogP contribution in [0.2, 0.25) is 5.02 Å². The minimum absolute atomic E-state index is 0.192. The number of aromatic amines is 1. The van der Waals surface area contributed by atoms with Gasteiger partial charge in [0.15, 0.2) is 0 Å². The topological polar surface area (TPSA) is 116 Å². The number of fused-ring (bicyclic) bond motifs is 1. The number of hydrogen-bond donors (Lipinski definition) is 5. The summed E-state index contributed by atoms with van der Waals surface area (Å²) in [5.41, 5.74) is 7.64. The normalized spacial score (nSPS) is 11.0. The van der Waals surface area contributed by atoms with Crippen LogP contribution in [0.5, 0.6) is 0 Å². The highest BCUT2D eigenvalue weighted by Gasteiger charge is 2.13. The monoisotopic (exact) mass is 365 g/mol. The van der Waals surface area contributed by atoms with Crippen molar-refractivity contribution < 1.29 is 8.78 Å². The van der Waals surface area contributed by atoms with Gasteiger partial charge in [-0.1, -0.05) is 17.7 Å². The number of nitrogen functional groups attached to an aromatic ring is 1. The summed E-state index contributed by atoms with van der Waals surface area (Å²) in [5.74, 6) is 0.389. The van der Waals surface area contributed by atoms with Gasteiger partial charge in [-0.2, -0.15) is 9.97 Å². The Morgan fingerprint density at radius 3 is 2.80 bits per heavy atom. The number of H-pyrrole nitrogens is 1. The molecule has 2 aromatic heterocycles. The van der Waals surface area contributed by atoms with Gasteiger partial charge in [0, 0.05) is 23.7 Å². The molecule has 1 aromatic carbocycles. The van der Waals surface area contributed by atoms with Gasteiger partial charge in [0.2, 0.25) is 5.95 Å². The molecule has 25 heavy (non-hydrogen) atoms. The van der Waals surface area contributed by atoms with Crippen LogP contribution in [0.15, 0.2) is 24.4 Å². The van der Waals surface area contributed by atoms with Crippen LogP contribution in [0.4, 0.5) is 31.9 Å². The van der Waals surface area contributed by atoms with Crippen molar-refractivity contribution in [2.24, 2.45) is 0 Å². The molecule has 10 heteroatoms. The zero-order valence-electron chi connectivity index (χ0n) is 12.8. The van der Waals surface area contributed by atoms with E-state index in [1.165, 1.54) is 0 Å². The van der Waals surface area contributed by atoms with E-state index in [-0.39, 0.29) is 11.8 Å². The highest BCUT2D eigenvalue weighted by molar-refractivity contribution is 6.36. The second kappa shape index (κ2) is 6.89. The van der Waals surface area contributed by atoms with Crippen LogP contribution in [0.25, 0.3) is 11.0 Å². The maximum atomic E-state index is 12.4. The molecule has 0 unspecified atom stereocenters. The maximum absolute atomic E-state index is 12.4. The molecule has 0 spiro atoms. The van der Waals surface area contributed by atoms with Crippen molar-refractivity contribution in [1.29, 1.82) is 5.41 Å². The zero-order chi connectivity index (χ0) is 18.0. The molecule has 0 radical (unpaired) electrons. The smallest absolute Gasteiger partial charge is 0.255 e. The standard InChI is InChI=1S/C15H14ClF2N7/c16-8-5-22-14-12(8)13(20)24-15(25-14)23-10-3-1-2-9(7(10)4-19)21-6-11(17)18/h1-5,11,19,21H,6H2,(H4,20,22,23,24,25). The van der Waals surface area contributed by atoms with E-state index in [0.717, 1.165) is 6.21 Å². The van der Waals surface area contributed by atoms with Gasteiger partial charge in [0.25, 0.3) is 6.43 Å². The quantitative estimate of drug-likeness (QED) is 0.428. The summed E-state index contributed by atoms with van der Waals surface area (Å²) in [4.78, 5) is 11.3. The average molecular weight is 366 g/mol. The van der Waals surface area contributed by atoms with Gasteiger partial charge < -0.3 is 26.8 Å². The predicted octanol–water partition coefficient (Wildman–Crippen LogP) is 3.61. The Hall–Kier alpha value is -2.94. The Morgan fingerprint density at radius 2 is 2.08 bits per heavy atom. The summed E-state index contributed by atoms with van der Waals surface area (Å²) in [6, 6.07) is 4.95. The number of benzene rings is 1. The lowest BCUT2D eigenvalue weighted by Gasteiger charge is -2.14. The van der Waals surface area contributed by atoms with Crippen molar-refractivity contribution in [3.8, 4) is 0 Å². The third kappa shape index (κ3) is 3.45. The molecule has 0 atom stereocenters. The number of hydrogen-bond acceptors (Lipinski definition) is 6. The Bertz CT molecular complexity index is 926. The summed E-state index contributed by atoms with van der Waals surface area (Å²) in [5, 5.41) is 14.1. The van der Waals surface area contributed by atoms with Crippen LogP contribution >= 0.6 is 11.6 Å². The highest BCUT2D eigenvalue weighted by Crippen LogP contribution is 2.29. The molecule has 0 fully saturated rings. The first kappa shape index (κ1) is 16.9. The first-order valence-corrected chi connectivity index (χ1v) is 7.60. The van der Waals surface area contributed by atoms with Gasteiger partial charge >= 0.3 is 0 Å². The van der Waals surface area contributed by atoms with Gasteiger partial charge in [-0.3, -0.25) is 0 Å². The van der Waals surface area contributed by atoms with Crippen molar-refractivity contribution in [3.05, 3.63) is 35.0 Å². The molecule has 0 bridgehead atoms. The molecule has 7 nitrogen and oxygen atoms in total. The second-order valence-electron chi connectivity index (χ2n) is 5.10. The number of nitrogens with zero attached hydrogens (tertiary/aromatic N) is 2. The fourth-order valence-electron chi connectivity index (χ4n) is 2.37. The molecule has 0 aliphatic rings. The zero-order valence-corrected chi connectivity index (χ0v) is 13.5. The first-order valence-electron chi connectivity index (χ1n) is 7.22. The van der Waals surface area contributed by atoms with Gasteiger partial charge in [0.05, 0.1) is 22.6 Å². The van der Waals surface area contributed by atoms with E-state index in [1.807, 2.05) is 0 Å².